The van der Waals surface area contributed by atoms with Crippen molar-refractivity contribution in [3.8, 4) is 0 Å². The lowest BCUT2D eigenvalue weighted by Gasteiger charge is -2.35. The van der Waals surface area contributed by atoms with Crippen LogP contribution in [-0.4, -0.2) is 62.8 Å². The first kappa shape index (κ1) is 23.0. The summed E-state index contributed by atoms with van der Waals surface area (Å²) in [6.45, 7) is 4.18. The van der Waals surface area contributed by atoms with Gasteiger partial charge in [0.1, 0.15) is 4.90 Å². The fraction of sp³-hybridized carbons (Fsp3) is 0.381. The molecular formula is C21H26Cl2N3O3S+. The van der Waals surface area contributed by atoms with Crippen molar-refractivity contribution < 1.29 is 18.1 Å². The van der Waals surface area contributed by atoms with Gasteiger partial charge in [0.25, 0.3) is 5.91 Å². The Balaban J connectivity index is 1.61. The molecule has 0 aromatic heterocycles. The highest BCUT2D eigenvalue weighted by molar-refractivity contribution is 7.89. The van der Waals surface area contributed by atoms with E-state index in [0.717, 1.165) is 10.5 Å². The normalized spacial score (nSPS) is 16.9. The number of amides is 1. The molecule has 0 saturated carbocycles. The fourth-order valence-electron chi connectivity index (χ4n) is 3.70. The van der Waals surface area contributed by atoms with Crippen LogP contribution in [0, 0.1) is 0 Å². The summed E-state index contributed by atoms with van der Waals surface area (Å²) in [7, 11) is -1.93. The van der Waals surface area contributed by atoms with Crippen LogP contribution in [0.3, 0.4) is 0 Å². The average Bonchev–Trinajstić information content (AvgIpc) is 2.75. The number of carbonyl (C=O) groups excluding carboxylic acids is 1. The topological polar surface area (TPSA) is 62.1 Å². The first-order chi connectivity index (χ1) is 14.2. The minimum atomic E-state index is -3.73. The number of halogens is 2. The molecule has 1 N–H and O–H groups in total. The molecule has 9 heteroatoms. The van der Waals surface area contributed by atoms with Crippen molar-refractivity contribution in [1.29, 1.82) is 0 Å². The molecule has 0 unspecified atom stereocenters. The van der Waals surface area contributed by atoms with E-state index in [1.165, 1.54) is 16.4 Å². The van der Waals surface area contributed by atoms with Crippen molar-refractivity contribution in [2.75, 3.05) is 33.2 Å². The number of benzene rings is 2. The summed E-state index contributed by atoms with van der Waals surface area (Å²) in [4.78, 5) is 15.7. The number of nitrogens with one attached hydrogen (secondary N) is 1. The summed E-state index contributed by atoms with van der Waals surface area (Å²) >= 11 is 12.1. The Labute approximate surface area is 188 Å². The van der Waals surface area contributed by atoms with E-state index in [9.17, 15) is 13.2 Å². The van der Waals surface area contributed by atoms with Gasteiger partial charge in [-0.3, -0.25) is 4.79 Å². The predicted octanol–water partition coefficient (Wildman–Crippen LogP) is 1.93. The van der Waals surface area contributed by atoms with Crippen LogP contribution in [0.25, 0.3) is 0 Å². The smallest absolute Gasteiger partial charge is 0.280 e. The fourth-order valence-corrected chi connectivity index (χ4v) is 5.88. The van der Waals surface area contributed by atoms with Crippen LogP contribution >= 0.6 is 23.2 Å². The van der Waals surface area contributed by atoms with Crippen LogP contribution in [0.2, 0.25) is 10.0 Å². The number of likely N-dealkylation sites (N-methyl/N-ethyl adjacent to an activating group) is 1. The molecule has 162 valence electrons. The van der Waals surface area contributed by atoms with Crippen molar-refractivity contribution in [3.63, 3.8) is 0 Å². The maximum Gasteiger partial charge on any atom is 0.280 e. The molecule has 0 bridgehead atoms. The van der Waals surface area contributed by atoms with Crippen LogP contribution in [0.4, 0.5) is 0 Å². The van der Waals surface area contributed by atoms with Gasteiger partial charge in [-0.1, -0.05) is 53.5 Å². The number of carbonyl (C=O) groups is 1. The lowest BCUT2D eigenvalue weighted by atomic mass is 10.2. The molecule has 1 aliphatic rings. The highest BCUT2D eigenvalue weighted by Crippen LogP contribution is 2.27. The van der Waals surface area contributed by atoms with E-state index < -0.39 is 10.0 Å². The first-order valence-corrected chi connectivity index (χ1v) is 12.0. The standard InChI is InChI=1S/C21H25Cl2N3O3S/c1-16(21(27)24(2)15-17-6-4-3-5-7-17)25-10-12-26(13-11-25)30(28,29)20-14-18(22)8-9-19(20)23/h3-9,14,16H,10-13,15H2,1-2H3/p+1/t16-/m0/s1. The minimum absolute atomic E-state index is 0.0202. The zero-order valence-electron chi connectivity index (χ0n) is 17.0. The number of piperazine rings is 1. The van der Waals surface area contributed by atoms with Gasteiger partial charge in [0.2, 0.25) is 10.0 Å². The largest absolute Gasteiger partial charge is 0.336 e. The Bertz CT molecular complexity index is 994. The molecule has 1 amide bonds. The van der Waals surface area contributed by atoms with Crippen LogP contribution in [-0.2, 0) is 21.4 Å². The molecule has 0 aliphatic carbocycles. The molecule has 1 aliphatic heterocycles. The van der Waals surface area contributed by atoms with Crippen LogP contribution in [0.15, 0.2) is 53.4 Å². The van der Waals surface area contributed by atoms with E-state index in [2.05, 4.69) is 0 Å². The summed E-state index contributed by atoms with van der Waals surface area (Å²) in [6.07, 6.45) is 0. The quantitative estimate of drug-likeness (QED) is 0.701. The van der Waals surface area contributed by atoms with E-state index in [-0.39, 0.29) is 21.9 Å². The molecule has 2 aromatic rings. The Hall–Kier alpha value is -1.64. The molecule has 1 atom stereocenters. The van der Waals surface area contributed by atoms with E-state index in [0.29, 0.717) is 37.7 Å². The predicted molar refractivity (Wildman–Crippen MR) is 118 cm³/mol. The SMILES string of the molecule is C[C@@H](C(=O)N(C)Cc1ccccc1)[NH+]1CCN(S(=O)(=O)c2cc(Cl)ccc2Cl)CC1. The molecule has 2 aromatic carbocycles. The van der Waals surface area contributed by atoms with Crippen LogP contribution in [0.5, 0.6) is 0 Å². The van der Waals surface area contributed by atoms with Crippen LogP contribution < -0.4 is 4.90 Å². The van der Waals surface area contributed by atoms with E-state index >= 15 is 0 Å². The number of hydrogen-bond acceptors (Lipinski definition) is 3. The zero-order valence-corrected chi connectivity index (χ0v) is 19.3. The molecule has 1 saturated heterocycles. The second-order valence-corrected chi connectivity index (χ2v) is 10.3. The maximum absolute atomic E-state index is 13.0. The van der Waals surface area contributed by atoms with Gasteiger partial charge in [-0.25, -0.2) is 8.42 Å². The molecule has 3 rings (SSSR count). The van der Waals surface area contributed by atoms with Gasteiger partial charge in [-0.15, -0.1) is 0 Å². The van der Waals surface area contributed by atoms with Crippen molar-refractivity contribution in [2.24, 2.45) is 0 Å². The zero-order chi connectivity index (χ0) is 21.9. The van der Waals surface area contributed by atoms with E-state index in [1.807, 2.05) is 37.3 Å². The second-order valence-electron chi connectivity index (χ2n) is 7.54. The summed E-state index contributed by atoms with van der Waals surface area (Å²) < 4.78 is 27.4. The number of quaternary nitrogens is 1. The van der Waals surface area contributed by atoms with Gasteiger partial charge < -0.3 is 9.80 Å². The third-order valence-corrected chi connectivity index (χ3v) is 8.11. The Morgan fingerprint density at radius 2 is 1.77 bits per heavy atom. The third kappa shape index (κ3) is 5.15. The van der Waals surface area contributed by atoms with Gasteiger partial charge in [0.15, 0.2) is 6.04 Å². The summed E-state index contributed by atoms with van der Waals surface area (Å²) in [5.41, 5.74) is 1.07. The first-order valence-electron chi connectivity index (χ1n) is 9.79. The Kier molecular flexibility index (Phi) is 7.42. The summed E-state index contributed by atoms with van der Waals surface area (Å²) in [5, 5.41) is 0.475. The molecule has 0 radical (unpaired) electrons. The van der Waals surface area contributed by atoms with Gasteiger partial charge in [0, 0.05) is 18.6 Å². The average molecular weight is 471 g/mol. The van der Waals surface area contributed by atoms with Gasteiger partial charge in [-0.05, 0) is 30.7 Å². The number of rotatable bonds is 6. The molecule has 30 heavy (non-hydrogen) atoms. The third-order valence-electron chi connectivity index (χ3n) is 5.50. The Morgan fingerprint density at radius 3 is 2.40 bits per heavy atom. The van der Waals surface area contributed by atoms with Crippen molar-refractivity contribution in [1.82, 2.24) is 9.21 Å². The van der Waals surface area contributed by atoms with Crippen molar-refractivity contribution in [2.45, 2.75) is 24.4 Å². The highest BCUT2D eigenvalue weighted by Gasteiger charge is 2.36. The van der Waals surface area contributed by atoms with Gasteiger partial charge in [-0.2, -0.15) is 4.31 Å². The molecule has 0 spiro atoms. The lowest BCUT2D eigenvalue weighted by molar-refractivity contribution is -0.918. The van der Waals surface area contributed by atoms with Gasteiger partial charge >= 0.3 is 0 Å². The second kappa shape index (κ2) is 9.66. The molecule has 6 nitrogen and oxygen atoms in total. The van der Waals surface area contributed by atoms with Crippen LogP contribution in [0.1, 0.15) is 12.5 Å². The number of hydrogen-bond donors (Lipinski definition) is 1. The molecular weight excluding hydrogens is 445 g/mol. The summed E-state index contributed by atoms with van der Waals surface area (Å²) in [6, 6.07) is 14.0. The number of nitrogens with zero attached hydrogens (tertiary/aromatic N) is 2. The van der Waals surface area contributed by atoms with E-state index in [4.69, 9.17) is 23.2 Å². The highest BCUT2D eigenvalue weighted by atomic mass is 35.5. The minimum Gasteiger partial charge on any atom is -0.336 e. The van der Waals surface area contributed by atoms with E-state index in [1.54, 1.807) is 18.0 Å². The van der Waals surface area contributed by atoms with Gasteiger partial charge in [0.05, 0.1) is 31.2 Å². The number of sulfonamides is 1. The maximum atomic E-state index is 13.0. The molecule has 1 heterocycles. The van der Waals surface area contributed by atoms with Crippen molar-refractivity contribution >= 4 is 39.1 Å². The Morgan fingerprint density at radius 1 is 1.13 bits per heavy atom. The van der Waals surface area contributed by atoms with Crippen molar-refractivity contribution in [3.05, 3.63) is 64.1 Å². The summed E-state index contributed by atoms with van der Waals surface area (Å²) in [5.74, 6) is 0.0445. The lowest BCUT2D eigenvalue weighted by Crippen LogP contribution is -3.19. The monoisotopic (exact) mass is 470 g/mol. The molecule has 1 fully saturated rings.